The van der Waals surface area contributed by atoms with Crippen molar-refractivity contribution < 1.29 is 15.1 Å². The van der Waals surface area contributed by atoms with E-state index >= 15 is 0 Å². The number of carbonyl (C=O) groups is 1. The van der Waals surface area contributed by atoms with Gasteiger partial charge in [0, 0.05) is 18.6 Å². The van der Waals surface area contributed by atoms with Gasteiger partial charge in [-0.1, -0.05) is 23.4 Å². The van der Waals surface area contributed by atoms with Gasteiger partial charge in [-0.3, -0.25) is 9.78 Å². The summed E-state index contributed by atoms with van der Waals surface area (Å²) in [5.41, 5.74) is 1.65. The second-order valence-electron chi connectivity index (χ2n) is 4.97. The van der Waals surface area contributed by atoms with Crippen LogP contribution < -0.4 is 0 Å². The standard InChI is InChI=1S/C16H13N5O3/c1-21-13-5-3-2-4-12(13)14(16(21)23)19-20-15(22)10-6-7-11(9-18-24)17-8-10/h2-9,23-24H,1H3/b18-9+,20-19?. The van der Waals surface area contributed by atoms with Gasteiger partial charge >= 0.3 is 0 Å². The number of nitrogens with zero attached hydrogens (tertiary/aromatic N) is 5. The minimum atomic E-state index is -0.595. The summed E-state index contributed by atoms with van der Waals surface area (Å²) in [5.74, 6) is -0.664. The predicted molar refractivity (Wildman–Crippen MR) is 87.0 cm³/mol. The highest BCUT2D eigenvalue weighted by Crippen LogP contribution is 2.37. The van der Waals surface area contributed by atoms with E-state index in [-0.39, 0.29) is 17.1 Å². The third-order valence-electron chi connectivity index (χ3n) is 3.51. The highest BCUT2D eigenvalue weighted by molar-refractivity contribution is 5.97. The van der Waals surface area contributed by atoms with Crippen LogP contribution in [-0.2, 0) is 7.05 Å². The lowest BCUT2D eigenvalue weighted by molar-refractivity contribution is 0.0994. The van der Waals surface area contributed by atoms with Crippen LogP contribution in [-0.4, -0.2) is 32.0 Å². The number of fused-ring (bicyclic) bond motifs is 1. The van der Waals surface area contributed by atoms with Gasteiger partial charge in [0.2, 0.25) is 5.88 Å². The van der Waals surface area contributed by atoms with Crippen LogP contribution in [0.3, 0.4) is 0 Å². The second-order valence-corrected chi connectivity index (χ2v) is 4.97. The number of aryl methyl sites for hydroxylation is 1. The van der Waals surface area contributed by atoms with Crippen LogP contribution in [0.25, 0.3) is 10.9 Å². The van der Waals surface area contributed by atoms with Crippen molar-refractivity contribution in [2.45, 2.75) is 0 Å². The van der Waals surface area contributed by atoms with Gasteiger partial charge < -0.3 is 14.9 Å². The number of amides is 1. The Hall–Kier alpha value is -3.55. The number of carbonyl (C=O) groups excluding carboxylic acids is 1. The van der Waals surface area contributed by atoms with Crippen LogP contribution in [0.1, 0.15) is 16.1 Å². The number of hydrogen-bond acceptors (Lipinski definition) is 6. The molecule has 0 aliphatic carbocycles. The zero-order valence-corrected chi connectivity index (χ0v) is 12.7. The first-order chi connectivity index (χ1) is 11.6. The number of aromatic nitrogens is 2. The fourth-order valence-electron chi connectivity index (χ4n) is 2.28. The Balaban J connectivity index is 1.91. The second kappa shape index (κ2) is 6.29. The van der Waals surface area contributed by atoms with Gasteiger partial charge in [0.25, 0.3) is 5.91 Å². The number of oxime groups is 1. The van der Waals surface area contributed by atoms with Crippen LogP contribution >= 0.6 is 0 Å². The topological polar surface area (TPSA) is 112 Å². The summed E-state index contributed by atoms with van der Waals surface area (Å²) < 4.78 is 1.57. The lowest BCUT2D eigenvalue weighted by Crippen LogP contribution is -1.96. The molecule has 0 saturated heterocycles. The zero-order chi connectivity index (χ0) is 17.1. The lowest BCUT2D eigenvalue weighted by atomic mass is 10.2. The first-order valence-corrected chi connectivity index (χ1v) is 6.97. The van der Waals surface area contributed by atoms with E-state index in [0.717, 1.165) is 11.7 Å². The number of rotatable bonds is 3. The van der Waals surface area contributed by atoms with Gasteiger partial charge in [0.05, 0.1) is 23.0 Å². The van der Waals surface area contributed by atoms with Crippen LogP contribution in [0.15, 0.2) is 58.0 Å². The minimum absolute atomic E-state index is 0.0691. The number of benzene rings is 1. The monoisotopic (exact) mass is 323 g/mol. The van der Waals surface area contributed by atoms with Gasteiger partial charge in [0.15, 0.2) is 5.69 Å². The van der Waals surface area contributed by atoms with Gasteiger partial charge in [0.1, 0.15) is 0 Å². The largest absolute Gasteiger partial charge is 0.493 e. The SMILES string of the molecule is Cn1c(O)c(N=NC(=O)c2ccc(/C=N/O)nc2)c2ccccc21. The average Bonchev–Trinajstić information content (AvgIpc) is 2.85. The van der Waals surface area contributed by atoms with Gasteiger partial charge in [-0.05, 0) is 18.2 Å². The molecule has 0 fully saturated rings. The smallest absolute Gasteiger partial charge is 0.296 e. The molecule has 0 bridgehead atoms. The molecule has 0 saturated carbocycles. The van der Waals surface area contributed by atoms with E-state index in [2.05, 4.69) is 20.4 Å². The molecule has 1 amide bonds. The van der Waals surface area contributed by atoms with E-state index in [1.807, 2.05) is 18.2 Å². The van der Waals surface area contributed by atoms with Crippen molar-refractivity contribution in [2.75, 3.05) is 0 Å². The molecule has 3 aromatic rings. The van der Waals surface area contributed by atoms with Crippen molar-refractivity contribution in [3.8, 4) is 5.88 Å². The first kappa shape index (κ1) is 15.3. The molecular formula is C16H13N5O3. The number of para-hydroxylation sites is 1. The third kappa shape index (κ3) is 2.72. The number of aromatic hydroxyl groups is 1. The Labute approximate surface area is 136 Å². The maximum absolute atomic E-state index is 12.1. The highest BCUT2D eigenvalue weighted by atomic mass is 16.4. The molecule has 8 heteroatoms. The van der Waals surface area contributed by atoms with E-state index in [4.69, 9.17) is 5.21 Å². The molecule has 24 heavy (non-hydrogen) atoms. The molecule has 2 N–H and O–H groups in total. The van der Waals surface area contributed by atoms with E-state index < -0.39 is 5.91 Å². The van der Waals surface area contributed by atoms with Crippen molar-refractivity contribution in [1.82, 2.24) is 9.55 Å². The van der Waals surface area contributed by atoms with Crippen molar-refractivity contribution in [3.05, 3.63) is 53.9 Å². The number of azo groups is 1. The maximum Gasteiger partial charge on any atom is 0.296 e. The molecule has 0 radical (unpaired) electrons. The lowest BCUT2D eigenvalue weighted by Gasteiger charge is -1.96. The third-order valence-corrected chi connectivity index (χ3v) is 3.51. The van der Waals surface area contributed by atoms with Crippen LogP contribution in [0.4, 0.5) is 5.69 Å². The quantitative estimate of drug-likeness (QED) is 0.334. The molecule has 3 rings (SSSR count). The predicted octanol–water partition coefficient (Wildman–Crippen LogP) is 3.01. The van der Waals surface area contributed by atoms with E-state index in [9.17, 15) is 9.90 Å². The Morgan fingerprint density at radius 3 is 2.75 bits per heavy atom. The van der Waals surface area contributed by atoms with Crippen molar-refractivity contribution in [3.63, 3.8) is 0 Å². The summed E-state index contributed by atoms with van der Waals surface area (Å²) in [6.45, 7) is 0. The molecule has 2 aromatic heterocycles. The summed E-state index contributed by atoms with van der Waals surface area (Å²) >= 11 is 0. The number of pyridine rings is 1. The zero-order valence-electron chi connectivity index (χ0n) is 12.7. The molecule has 1 aromatic carbocycles. The molecular weight excluding hydrogens is 310 g/mol. The van der Waals surface area contributed by atoms with Crippen LogP contribution in [0.2, 0.25) is 0 Å². The van der Waals surface area contributed by atoms with Crippen molar-refractivity contribution in [1.29, 1.82) is 0 Å². The Kier molecular flexibility index (Phi) is 4.02. The molecule has 8 nitrogen and oxygen atoms in total. The van der Waals surface area contributed by atoms with Crippen LogP contribution in [0, 0.1) is 0 Å². The molecule has 2 heterocycles. The van der Waals surface area contributed by atoms with E-state index in [1.54, 1.807) is 17.7 Å². The van der Waals surface area contributed by atoms with Crippen LogP contribution in [0.5, 0.6) is 5.88 Å². The Morgan fingerprint density at radius 2 is 2.04 bits per heavy atom. The van der Waals surface area contributed by atoms with Crippen molar-refractivity contribution in [2.24, 2.45) is 22.4 Å². The fraction of sp³-hybridized carbons (Fsp3) is 0.0625. The molecule has 0 unspecified atom stereocenters. The molecule has 0 aliphatic heterocycles. The highest BCUT2D eigenvalue weighted by Gasteiger charge is 2.14. The van der Waals surface area contributed by atoms with Crippen molar-refractivity contribution >= 4 is 28.7 Å². The molecule has 0 atom stereocenters. The summed E-state index contributed by atoms with van der Waals surface area (Å²) in [7, 11) is 1.70. The Bertz CT molecular complexity index is 958. The maximum atomic E-state index is 12.1. The van der Waals surface area contributed by atoms with Gasteiger partial charge in [-0.25, -0.2) is 0 Å². The minimum Gasteiger partial charge on any atom is -0.493 e. The fourth-order valence-corrected chi connectivity index (χ4v) is 2.28. The average molecular weight is 323 g/mol. The Morgan fingerprint density at radius 1 is 1.25 bits per heavy atom. The number of hydrogen-bond donors (Lipinski definition) is 2. The summed E-state index contributed by atoms with van der Waals surface area (Å²) in [6, 6.07) is 10.3. The molecule has 0 aliphatic rings. The van der Waals surface area contributed by atoms with E-state index in [0.29, 0.717) is 11.1 Å². The molecule has 120 valence electrons. The first-order valence-electron chi connectivity index (χ1n) is 6.97. The normalized spacial score (nSPS) is 11.7. The summed E-state index contributed by atoms with van der Waals surface area (Å²) in [5, 5.41) is 29.7. The van der Waals surface area contributed by atoms with Gasteiger partial charge in [-0.15, -0.1) is 10.2 Å². The summed E-state index contributed by atoms with van der Waals surface area (Å²) in [6.07, 6.45) is 2.45. The summed E-state index contributed by atoms with van der Waals surface area (Å²) in [4.78, 5) is 16.0. The molecule has 0 spiro atoms. The van der Waals surface area contributed by atoms with E-state index in [1.165, 1.54) is 18.3 Å². The van der Waals surface area contributed by atoms with Gasteiger partial charge in [-0.2, -0.15) is 0 Å².